The van der Waals surface area contributed by atoms with Gasteiger partial charge in [0.05, 0.1) is 5.60 Å². The van der Waals surface area contributed by atoms with E-state index < -0.39 is 0 Å². The highest BCUT2D eigenvalue weighted by Gasteiger charge is 2.41. The van der Waals surface area contributed by atoms with Crippen LogP contribution in [0.5, 0.6) is 0 Å². The summed E-state index contributed by atoms with van der Waals surface area (Å²) in [6, 6.07) is 4.92. The van der Waals surface area contributed by atoms with Crippen LogP contribution in [0.15, 0.2) is 18.2 Å². The predicted octanol–water partition coefficient (Wildman–Crippen LogP) is 4.17. The first-order chi connectivity index (χ1) is 9.60. The van der Waals surface area contributed by atoms with Crippen molar-refractivity contribution in [1.82, 2.24) is 0 Å². The van der Waals surface area contributed by atoms with Crippen LogP contribution >= 0.6 is 22.6 Å². The smallest absolute Gasteiger partial charge is 0.124 e. The number of hydrogen-bond acceptors (Lipinski definition) is 2. The SMILES string of the molecule is NC(c1ccc(F)cc1I)C1CCOC2(CCCC2)C1. The van der Waals surface area contributed by atoms with Gasteiger partial charge in [0.25, 0.3) is 0 Å². The zero-order valence-corrected chi connectivity index (χ0v) is 13.7. The maximum Gasteiger partial charge on any atom is 0.124 e. The molecule has 2 fully saturated rings. The third-order valence-electron chi connectivity index (χ3n) is 4.88. The summed E-state index contributed by atoms with van der Waals surface area (Å²) >= 11 is 2.19. The lowest BCUT2D eigenvalue weighted by molar-refractivity contribution is -0.0964. The Labute approximate surface area is 133 Å². The van der Waals surface area contributed by atoms with Gasteiger partial charge in [0, 0.05) is 16.2 Å². The van der Waals surface area contributed by atoms with E-state index in [0.29, 0.717) is 5.92 Å². The number of ether oxygens (including phenoxy) is 1. The van der Waals surface area contributed by atoms with Crippen LogP contribution in [0.1, 0.15) is 50.1 Å². The second-order valence-corrected chi connectivity index (χ2v) is 7.35. The fourth-order valence-corrected chi connectivity index (χ4v) is 4.60. The summed E-state index contributed by atoms with van der Waals surface area (Å²) in [6.45, 7) is 0.816. The quantitative estimate of drug-likeness (QED) is 0.771. The molecule has 2 aliphatic rings. The van der Waals surface area contributed by atoms with Gasteiger partial charge in [-0.25, -0.2) is 4.39 Å². The van der Waals surface area contributed by atoms with Crippen LogP contribution < -0.4 is 5.73 Å². The van der Waals surface area contributed by atoms with E-state index in [2.05, 4.69) is 22.6 Å². The van der Waals surface area contributed by atoms with Crippen molar-refractivity contribution in [3.63, 3.8) is 0 Å². The number of hydrogen-bond donors (Lipinski definition) is 1. The monoisotopic (exact) mass is 389 g/mol. The van der Waals surface area contributed by atoms with Crippen molar-refractivity contribution >= 4 is 22.6 Å². The molecule has 2 nitrogen and oxygen atoms in total. The lowest BCUT2D eigenvalue weighted by Gasteiger charge is -2.40. The van der Waals surface area contributed by atoms with Crippen molar-refractivity contribution in [3.05, 3.63) is 33.1 Å². The lowest BCUT2D eigenvalue weighted by atomic mass is 9.79. The van der Waals surface area contributed by atoms with Gasteiger partial charge in [-0.2, -0.15) is 0 Å². The van der Waals surface area contributed by atoms with Crippen molar-refractivity contribution in [2.24, 2.45) is 11.7 Å². The van der Waals surface area contributed by atoms with E-state index in [9.17, 15) is 4.39 Å². The second-order valence-electron chi connectivity index (χ2n) is 6.18. The van der Waals surface area contributed by atoms with Crippen LogP contribution in [0.2, 0.25) is 0 Å². The van der Waals surface area contributed by atoms with E-state index in [0.717, 1.165) is 28.6 Å². The van der Waals surface area contributed by atoms with Gasteiger partial charge in [0.15, 0.2) is 0 Å². The number of benzene rings is 1. The molecule has 0 amide bonds. The van der Waals surface area contributed by atoms with Crippen LogP contribution in [0.4, 0.5) is 4.39 Å². The fourth-order valence-electron chi connectivity index (χ4n) is 3.77. The maximum atomic E-state index is 13.2. The molecule has 2 atom stereocenters. The lowest BCUT2D eigenvalue weighted by Crippen LogP contribution is -2.40. The molecule has 3 rings (SSSR count). The summed E-state index contributed by atoms with van der Waals surface area (Å²) < 4.78 is 20.2. The molecule has 1 aliphatic carbocycles. The largest absolute Gasteiger partial charge is 0.375 e. The van der Waals surface area contributed by atoms with Gasteiger partial charge < -0.3 is 10.5 Å². The Morgan fingerprint density at radius 3 is 2.80 bits per heavy atom. The highest BCUT2D eigenvalue weighted by Crippen LogP contribution is 2.45. The molecular weight excluding hydrogens is 368 g/mol. The molecule has 1 spiro atoms. The van der Waals surface area contributed by atoms with Crippen LogP contribution in [0.3, 0.4) is 0 Å². The Morgan fingerprint density at radius 2 is 2.10 bits per heavy atom. The van der Waals surface area contributed by atoms with Crippen molar-refractivity contribution in [3.8, 4) is 0 Å². The molecule has 1 heterocycles. The van der Waals surface area contributed by atoms with Crippen molar-refractivity contribution in [1.29, 1.82) is 0 Å². The number of halogens is 2. The van der Waals surface area contributed by atoms with E-state index in [1.54, 1.807) is 6.07 Å². The fraction of sp³-hybridized carbons (Fsp3) is 0.625. The van der Waals surface area contributed by atoms with Gasteiger partial charge in [-0.3, -0.25) is 0 Å². The van der Waals surface area contributed by atoms with Crippen LogP contribution in [-0.2, 0) is 4.74 Å². The average molecular weight is 389 g/mol. The van der Waals surface area contributed by atoms with Gasteiger partial charge in [-0.1, -0.05) is 18.9 Å². The zero-order valence-electron chi connectivity index (χ0n) is 11.6. The summed E-state index contributed by atoms with van der Waals surface area (Å²) in [5.74, 6) is 0.255. The molecule has 110 valence electrons. The maximum absolute atomic E-state index is 13.2. The first-order valence-electron chi connectivity index (χ1n) is 7.44. The Kier molecular flexibility index (Phi) is 4.34. The Bertz CT molecular complexity index is 487. The predicted molar refractivity (Wildman–Crippen MR) is 85.9 cm³/mol. The summed E-state index contributed by atoms with van der Waals surface area (Å²) in [4.78, 5) is 0. The number of rotatable bonds is 2. The van der Waals surface area contributed by atoms with Crippen molar-refractivity contribution in [2.75, 3.05) is 6.61 Å². The molecule has 1 aromatic carbocycles. The Balaban J connectivity index is 1.77. The summed E-state index contributed by atoms with van der Waals surface area (Å²) in [6.07, 6.45) is 6.97. The van der Waals surface area contributed by atoms with Crippen LogP contribution in [-0.4, -0.2) is 12.2 Å². The van der Waals surface area contributed by atoms with Gasteiger partial charge in [-0.15, -0.1) is 0 Å². The molecule has 20 heavy (non-hydrogen) atoms. The molecule has 0 radical (unpaired) electrons. The van der Waals surface area contributed by atoms with E-state index in [1.165, 1.54) is 31.7 Å². The molecule has 1 saturated carbocycles. The summed E-state index contributed by atoms with van der Waals surface area (Å²) in [5, 5.41) is 0. The van der Waals surface area contributed by atoms with Crippen LogP contribution in [0.25, 0.3) is 0 Å². The topological polar surface area (TPSA) is 35.2 Å². The van der Waals surface area contributed by atoms with Gasteiger partial charge >= 0.3 is 0 Å². The van der Waals surface area contributed by atoms with Gasteiger partial charge in [0.2, 0.25) is 0 Å². The standard InChI is InChI=1S/C16H21FINO/c17-12-3-4-13(14(18)9-12)15(19)11-5-8-20-16(10-11)6-1-2-7-16/h3-4,9,11,15H,1-2,5-8,10,19H2. The zero-order chi connectivity index (χ0) is 14.2. The van der Waals surface area contributed by atoms with Crippen molar-refractivity contribution < 1.29 is 9.13 Å². The molecular formula is C16H21FINO. The molecule has 1 aromatic rings. The minimum Gasteiger partial charge on any atom is -0.375 e. The first-order valence-corrected chi connectivity index (χ1v) is 8.52. The van der Waals surface area contributed by atoms with E-state index >= 15 is 0 Å². The minimum atomic E-state index is -0.190. The average Bonchev–Trinajstić information content (AvgIpc) is 2.86. The summed E-state index contributed by atoms with van der Waals surface area (Å²) in [7, 11) is 0. The Morgan fingerprint density at radius 1 is 1.35 bits per heavy atom. The molecule has 4 heteroatoms. The van der Waals surface area contributed by atoms with Gasteiger partial charge in [-0.05, 0) is 71.9 Å². The van der Waals surface area contributed by atoms with E-state index in [-0.39, 0.29) is 17.5 Å². The highest BCUT2D eigenvalue weighted by atomic mass is 127. The normalized spacial score (nSPS) is 26.9. The summed E-state index contributed by atoms with van der Waals surface area (Å²) in [5.41, 5.74) is 7.65. The molecule has 1 saturated heterocycles. The third-order valence-corrected chi connectivity index (χ3v) is 5.81. The first kappa shape index (κ1) is 14.7. The van der Waals surface area contributed by atoms with E-state index in [1.807, 2.05) is 6.07 Å². The third kappa shape index (κ3) is 2.88. The molecule has 0 bridgehead atoms. The van der Waals surface area contributed by atoms with E-state index in [4.69, 9.17) is 10.5 Å². The molecule has 2 N–H and O–H groups in total. The molecule has 0 aromatic heterocycles. The minimum absolute atomic E-state index is 0.0103. The molecule has 2 unspecified atom stereocenters. The second kappa shape index (κ2) is 5.89. The van der Waals surface area contributed by atoms with Gasteiger partial charge in [0.1, 0.15) is 5.82 Å². The molecule has 1 aliphatic heterocycles. The Hall–Kier alpha value is -0.200. The highest BCUT2D eigenvalue weighted by molar-refractivity contribution is 14.1. The van der Waals surface area contributed by atoms with Crippen LogP contribution in [0, 0.1) is 15.3 Å². The number of nitrogens with two attached hydrogens (primary N) is 1. The van der Waals surface area contributed by atoms with Crippen molar-refractivity contribution in [2.45, 2.75) is 50.2 Å².